The maximum absolute atomic E-state index is 10.8. The van der Waals surface area contributed by atoms with Gasteiger partial charge in [-0.25, -0.2) is 9.48 Å². The Hall–Kier alpha value is -2.08. The molecule has 0 atom stereocenters. The lowest BCUT2D eigenvalue weighted by Crippen LogP contribution is -2.15. The lowest BCUT2D eigenvalue weighted by Gasteiger charge is -2.06. The van der Waals surface area contributed by atoms with Crippen molar-refractivity contribution in [1.82, 2.24) is 15.0 Å². The summed E-state index contributed by atoms with van der Waals surface area (Å²) >= 11 is 5.74. The third-order valence-electron chi connectivity index (χ3n) is 2.22. The number of ether oxygens (including phenoxy) is 1. The van der Waals surface area contributed by atoms with Crippen molar-refractivity contribution in [3.63, 3.8) is 0 Å². The summed E-state index contributed by atoms with van der Waals surface area (Å²) in [5, 5.41) is 16.7. The van der Waals surface area contributed by atoms with E-state index in [9.17, 15) is 4.79 Å². The zero-order valence-electron chi connectivity index (χ0n) is 9.28. The second-order valence-electron chi connectivity index (χ2n) is 3.45. The molecule has 0 aliphatic rings. The molecular weight excluding hydrogens is 258 g/mol. The maximum Gasteiger partial charge on any atom is 0.355 e. The first-order valence-corrected chi connectivity index (χ1v) is 5.55. The first kappa shape index (κ1) is 12.4. The third kappa shape index (κ3) is 2.98. The first-order valence-electron chi connectivity index (χ1n) is 5.17. The van der Waals surface area contributed by atoms with E-state index < -0.39 is 5.97 Å². The van der Waals surface area contributed by atoms with E-state index in [1.54, 1.807) is 24.3 Å². The predicted molar refractivity (Wildman–Crippen MR) is 63.9 cm³/mol. The van der Waals surface area contributed by atoms with Crippen molar-refractivity contribution in [2.75, 3.05) is 6.61 Å². The van der Waals surface area contributed by atoms with E-state index in [0.29, 0.717) is 23.9 Å². The van der Waals surface area contributed by atoms with Gasteiger partial charge in [-0.3, -0.25) is 0 Å². The van der Waals surface area contributed by atoms with Crippen molar-refractivity contribution in [2.45, 2.75) is 6.54 Å². The molecule has 1 aromatic heterocycles. The van der Waals surface area contributed by atoms with Crippen LogP contribution < -0.4 is 4.74 Å². The fraction of sp³-hybridized carbons (Fsp3) is 0.182. The van der Waals surface area contributed by atoms with Gasteiger partial charge in [0.2, 0.25) is 0 Å². The number of aromatic carboxylic acids is 1. The second-order valence-corrected chi connectivity index (χ2v) is 3.89. The average Bonchev–Trinajstić information content (AvgIpc) is 2.80. The first-order chi connectivity index (χ1) is 8.66. The highest BCUT2D eigenvalue weighted by atomic mass is 35.5. The van der Waals surface area contributed by atoms with E-state index >= 15 is 0 Å². The number of hydrogen-bond donors (Lipinski definition) is 1. The summed E-state index contributed by atoms with van der Waals surface area (Å²) in [6.45, 7) is 0.607. The van der Waals surface area contributed by atoms with Gasteiger partial charge >= 0.3 is 5.97 Å². The van der Waals surface area contributed by atoms with Crippen LogP contribution >= 0.6 is 11.6 Å². The van der Waals surface area contributed by atoms with Crippen LogP contribution in [-0.4, -0.2) is 32.7 Å². The van der Waals surface area contributed by atoms with Crippen LogP contribution in [0.25, 0.3) is 0 Å². The molecule has 18 heavy (non-hydrogen) atoms. The molecule has 0 radical (unpaired) electrons. The molecule has 0 fully saturated rings. The summed E-state index contributed by atoms with van der Waals surface area (Å²) in [4.78, 5) is 10.8. The molecule has 0 bridgehead atoms. The van der Waals surface area contributed by atoms with Crippen LogP contribution in [0.1, 0.15) is 10.5 Å². The quantitative estimate of drug-likeness (QED) is 0.892. The summed E-state index contributed by atoms with van der Waals surface area (Å²) in [7, 11) is 0. The van der Waals surface area contributed by atoms with Crippen molar-refractivity contribution in [3.05, 3.63) is 41.2 Å². The minimum absolute atomic E-state index is 0.0368. The molecule has 0 aliphatic heterocycles. The van der Waals surface area contributed by atoms with Gasteiger partial charge in [0.1, 0.15) is 12.4 Å². The van der Waals surface area contributed by atoms with Crippen LogP contribution in [-0.2, 0) is 6.54 Å². The van der Waals surface area contributed by atoms with Crippen LogP contribution in [0.3, 0.4) is 0 Å². The summed E-state index contributed by atoms with van der Waals surface area (Å²) < 4.78 is 6.70. The SMILES string of the molecule is O=C(O)c1cnnn1CCOc1ccc(Cl)cc1. The monoisotopic (exact) mass is 267 g/mol. The number of halogens is 1. The highest BCUT2D eigenvalue weighted by Crippen LogP contribution is 2.15. The fourth-order valence-electron chi connectivity index (χ4n) is 1.37. The minimum Gasteiger partial charge on any atom is -0.492 e. The van der Waals surface area contributed by atoms with Crippen LogP contribution in [0.15, 0.2) is 30.5 Å². The van der Waals surface area contributed by atoms with Gasteiger partial charge < -0.3 is 9.84 Å². The standard InChI is InChI=1S/C11H10ClN3O3/c12-8-1-3-9(4-2-8)18-6-5-15-10(11(16)17)7-13-14-15/h1-4,7H,5-6H2,(H,16,17). The van der Waals surface area contributed by atoms with Crippen LogP contribution in [0, 0.1) is 0 Å². The van der Waals surface area contributed by atoms with Crippen molar-refractivity contribution in [2.24, 2.45) is 0 Å². The fourth-order valence-corrected chi connectivity index (χ4v) is 1.50. The van der Waals surface area contributed by atoms with Gasteiger partial charge in [-0.15, -0.1) is 5.10 Å². The minimum atomic E-state index is -1.06. The van der Waals surface area contributed by atoms with Crippen LogP contribution in [0.5, 0.6) is 5.75 Å². The largest absolute Gasteiger partial charge is 0.492 e. The van der Waals surface area contributed by atoms with E-state index in [1.807, 2.05) is 0 Å². The van der Waals surface area contributed by atoms with Gasteiger partial charge in [0.05, 0.1) is 12.7 Å². The Morgan fingerprint density at radius 2 is 2.11 bits per heavy atom. The number of carboxylic acids is 1. The van der Waals surface area contributed by atoms with Crippen molar-refractivity contribution in [3.8, 4) is 5.75 Å². The van der Waals surface area contributed by atoms with E-state index in [1.165, 1.54) is 10.9 Å². The molecule has 1 aromatic carbocycles. The van der Waals surface area contributed by atoms with Gasteiger partial charge in [-0.1, -0.05) is 16.8 Å². The van der Waals surface area contributed by atoms with E-state index in [2.05, 4.69) is 10.3 Å². The summed E-state index contributed by atoms with van der Waals surface area (Å²) in [6, 6.07) is 6.91. The molecule has 0 amide bonds. The molecule has 2 rings (SSSR count). The molecule has 0 aliphatic carbocycles. The summed E-state index contributed by atoms with van der Waals surface area (Å²) in [6.07, 6.45) is 1.20. The zero-order valence-corrected chi connectivity index (χ0v) is 10.0. The molecular formula is C11H10ClN3O3. The van der Waals surface area contributed by atoms with Crippen LogP contribution in [0.2, 0.25) is 5.02 Å². The zero-order chi connectivity index (χ0) is 13.0. The van der Waals surface area contributed by atoms with Crippen molar-refractivity contribution in [1.29, 1.82) is 0 Å². The number of carboxylic acid groups (broad SMARTS) is 1. The van der Waals surface area contributed by atoms with Gasteiger partial charge in [-0.2, -0.15) is 0 Å². The normalized spacial score (nSPS) is 10.3. The topological polar surface area (TPSA) is 77.2 Å². The molecule has 0 unspecified atom stereocenters. The molecule has 0 saturated carbocycles. The second kappa shape index (κ2) is 5.50. The van der Waals surface area contributed by atoms with Gasteiger partial charge in [0.25, 0.3) is 0 Å². The molecule has 0 saturated heterocycles. The molecule has 7 heteroatoms. The number of rotatable bonds is 5. The Bertz CT molecular complexity index is 539. The molecule has 6 nitrogen and oxygen atoms in total. The number of aromatic nitrogens is 3. The highest BCUT2D eigenvalue weighted by molar-refractivity contribution is 6.30. The number of hydrogen-bond acceptors (Lipinski definition) is 4. The average molecular weight is 268 g/mol. The third-order valence-corrected chi connectivity index (χ3v) is 2.47. The lowest BCUT2D eigenvalue weighted by atomic mass is 10.3. The van der Waals surface area contributed by atoms with Crippen LogP contribution in [0.4, 0.5) is 0 Å². The lowest BCUT2D eigenvalue weighted by molar-refractivity contribution is 0.0682. The van der Waals surface area contributed by atoms with Gasteiger partial charge in [0.15, 0.2) is 5.69 Å². The molecule has 2 aromatic rings. The summed E-state index contributed by atoms with van der Waals surface area (Å²) in [5.41, 5.74) is 0.0368. The van der Waals surface area contributed by atoms with Crippen molar-refractivity contribution < 1.29 is 14.6 Å². The predicted octanol–water partition coefficient (Wildman–Crippen LogP) is 1.71. The molecule has 1 N–H and O–H groups in total. The Labute approximate surface area is 108 Å². The Morgan fingerprint density at radius 3 is 2.78 bits per heavy atom. The maximum atomic E-state index is 10.8. The summed E-state index contributed by atoms with van der Waals surface area (Å²) in [5.74, 6) is -0.400. The Kier molecular flexibility index (Phi) is 3.78. The van der Waals surface area contributed by atoms with E-state index in [0.717, 1.165) is 0 Å². The number of carbonyl (C=O) groups is 1. The number of nitrogens with zero attached hydrogens (tertiary/aromatic N) is 3. The number of benzene rings is 1. The van der Waals surface area contributed by atoms with Gasteiger partial charge in [-0.05, 0) is 24.3 Å². The van der Waals surface area contributed by atoms with Crippen molar-refractivity contribution >= 4 is 17.6 Å². The highest BCUT2D eigenvalue weighted by Gasteiger charge is 2.10. The molecule has 1 heterocycles. The Balaban J connectivity index is 1.90. The molecule has 0 spiro atoms. The van der Waals surface area contributed by atoms with E-state index in [4.69, 9.17) is 21.4 Å². The van der Waals surface area contributed by atoms with E-state index in [-0.39, 0.29) is 5.69 Å². The molecule has 94 valence electrons. The Morgan fingerprint density at radius 1 is 1.39 bits per heavy atom. The van der Waals surface area contributed by atoms with Gasteiger partial charge in [0, 0.05) is 5.02 Å². The smallest absolute Gasteiger partial charge is 0.355 e.